The molecule has 0 aliphatic rings. The van der Waals surface area contributed by atoms with Crippen molar-refractivity contribution >= 4 is 138 Å². The van der Waals surface area contributed by atoms with Crippen molar-refractivity contribution in [1.82, 2.24) is 0 Å². The van der Waals surface area contributed by atoms with Gasteiger partial charge < -0.3 is 0 Å². The second-order valence-electron chi connectivity index (χ2n) is 6.16. The fourth-order valence-electron chi connectivity index (χ4n) is 1.92. The third kappa shape index (κ3) is 24.8. The first-order valence-electron chi connectivity index (χ1n) is 8.86. The van der Waals surface area contributed by atoms with Crippen molar-refractivity contribution in [3.05, 3.63) is 0 Å². The predicted octanol–water partition coefficient (Wildman–Crippen LogP) is 10.7. The van der Waals surface area contributed by atoms with Gasteiger partial charge in [-0.25, -0.2) is 4.57 Å². The Kier molecular flexibility index (Phi) is 18.7. The van der Waals surface area contributed by atoms with Gasteiger partial charge >= 0.3 is 7.82 Å². The van der Waals surface area contributed by atoms with Gasteiger partial charge in [0, 0.05) is 0 Å². The van der Waals surface area contributed by atoms with Crippen LogP contribution in [0, 0.1) is 0 Å². The summed E-state index contributed by atoms with van der Waals surface area (Å²) in [5.41, 5.74) is 0. The van der Waals surface area contributed by atoms with Gasteiger partial charge in [0.25, 0.3) is 0 Å². The molecule has 0 unspecified atom stereocenters. The van der Waals surface area contributed by atoms with Crippen LogP contribution in [0.1, 0.15) is 57.8 Å². The van der Waals surface area contributed by atoms with Crippen LogP contribution in [0.3, 0.4) is 0 Å². The van der Waals surface area contributed by atoms with Gasteiger partial charge in [-0.3, -0.25) is 13.6 Å². The fourth-order valence-corrected chi connectivity index (χ4v) is 5.29. The summed E-state index contributed by atoms with van der Waals surface area (Å²) in [6.45, 7) is 0.766. The Morgan fingerprint density at radius 3 is 1.00 bits per heavy atom. The number of hydrogen-bond acceptors (Lipinski definition) is 4. The van der Waals surface area contributed by atoms with E-state index in [1.165, 1.54) is 0 Å². The summed E-state index contributed by atoms with van der Waals surface area (Å²) >= 11 is 37.9. The minimum Gasteiger partial charge on any atom is -0.287 e. The van der Waals surface area contributed by atoms with E-state index >= 15 is 0 Å². The average Bonchev–Trinajstić information content (AvgIpc) is 2.50. The second kappa shape index (κ2) is 16.5. The normalized spacial score (nSPS) is 13.8. The number of alkyl halides is 9. The lowest BCUT2D eigenvalue weighted by Gasteiger charge is -2.19. The standard InChI is InChI=1S/C15H24Br6Cl3O4P/c16-13(17,22)7-1-4-10-26-29(25,27-11-5-2-8-14(18,19)23)28-12-6-3-9-15(20,21)24/h1-12H2. The van der Waals surface area contributed by atoms with Crippen LogP contribution in [-0.4, -0.2) is 27.9 Å². The quantitative estimate of drug-likeness (QED) is 0.0782. The lowest BCUT2D eigenvalue weighted by molar-refractivity contribution is 0.109. The highest BCUT2D eigenvalue weighted by atomic mass is 79.9. The molecule has 4 nitrogen and oxygen atoms in total. The number of halogens is 9. The van der Waals surface area contributed by atoms with Crippen molar-refractivity contribution in [1.29, 1.82) is 0 Å². The van der Waals surface area contributed by atoms with Crippen molar-refractivity contribution in [2.24, 2.45) is 0 Å². The minimum atomic E-state index is -3.63. The summed E-state index contributed by atoms with van der Waals surface area (Å²) in [4.78, 5) is 0. The molecule has 0 saturated carbocycles. The Hall–Kier alpha value is 3.86. The summed E-state index contributed by atoms with van der Waals surface area (Å²) in [6.07, 6.45) is 6.41. The molecule has 0 saturated heterocycles. The molecule has 0 spiro atoms. The molecule has 176 valence electrons. The van der Waals surface area contributed by atoms with Crippen molar-refractivity contribution < 1.29 is 18.1 Å². The van der Waals surface area contributed by atoms with Crippen LogP contribution in [0.2, 0.25) is 0 Å². The molecule has 0 N–H and O–H groups in total. The largest absolute Gasteiger partial charge is 0.474 e. The molecule has 0 aromatic heterocycles. The average molecular weight is 885 g/mol. The molecule has 0 radical (unpaired) electrons. The topological polar surface area (TPSA) is 44.8 Å². The highest BCUT2D eigenvalue weighted by Crippen LogP contribution is 2.50. The van der Waals surface area contributed by atoms with Crippen LogP contribution in [0.4, 0.5) is 0 Å². The molecule has 0 aliphatic heterocycles. The van der Waals surface area contributed by atoms with Gasteiger partial charge in [0.15, 0.2) is 8.08 Å². The zero-order valence-electron chi connectivity index (χ0n) is 15.5. The smallest absolute Gasteiger partial charge is 0.287 e. The molecule has 29 heavy (non-hydrogen) atoms. The van der Waals surface area contributed by atoms with Crippen LogP contribution in [-0.2, 0) is 18.1 Å². The van der Waals surface area contributed by atoms with Gasteiger partial charge in [-0.05, 0) is 57.8 Å². The Balaban J connectivity index is 4.35. The van der Waals surface area contributed by atoms with Crippen molar-refractivity contribution in [3.63, 3.8) is 0 Å². The third-order valence-electron chi connectivity index (χ3n) is 3.31. The van der Waals surface area contributed by atoms with E-state index < -0.39 is 15.9 Å². The van der Waals surface area contributed by atoms with Gasteiger partial charge in [-0.2, -0.15) is 0 Å². The molecule has 0 rings (SSSR count). The van der Waals surface area contributed by atoms with Crippen molar-refractivity contribution in [2.45, 2.75) is 65.9 Å². The molecule has 0 fully saturated rings. The van der Waals surface area contributed by atoms with E-state index in [4.69, 9.17) is 48.4 Å². The molecule has 0 aliphatic carbocycles. The van der Waals surface area contributed by atoms with E-state index in [-0.39, 0.29) is 19.8 Å². The molecule has 0 heterocycles. The molecular weight excluding hydrogens is 861 g/mol. The molecule has 0 amide bonds. The van der Waals surface area contributed by atoms with Gasteiger partial charge in [-0.15, -0.1) is 0 Å². The van der Waals surface area contributed by atoms with E-state index in [9.17, 15) is 4.57 Å². The Morgan fingerprint density at radius 1 is 0.552 bits per heavy atom. The minimum absolute atomic E-state index is 0.255. The number of unbranched alkanes of at least 4 members (excludes halogenated alkanes) is 3. The Bertz CT molecular complexity index is 420. The monoisotopic (exact) mass is 878 g/mol. The van der Waals surface area contributed by atoms with Gasteiger partial charge in [0.05, 0.1) is 19.8 Å². The van der Waals surface area contributed by atoms with Gasteiger partial charge in [0.1, 0.15) is 0 Å². The summed E-state index contributed by atoms with van der Waals surface area (Å²) in [6, 6.07) is 0. The van der Waals surface area contributed by atoms with E-state index in [1.807, 2.05) is 0 Å². The SMILES string of the molecule is O=P(OCCCCC(Cl)(Br)Br)(OCCCCC(Cl)(Br)Br)OCCCCC(Cl)(Br)Br. The van der Waals surface area contributed by atoms with E-state index in [2.05, 4.69) is 95.6 Å². The Morgan fingerprint density at radius 2 is 0.793 bits per heavy atom. The molecule has 0 aromatic carbocycles. The number of hydrogen-bond donors (Lipinski definition) is 0. The number of phosphoric acid groups is 1. The van der Waals surface area contributed by atoms with E-state index in [0.29, 0.717) is 38.5 Å². The van der Waals surface area contributed by atoms with Gasteiger partial charge in [0.2, 0.25) is 0 Å². The van der Waals surface area contributed by atoms with E-state index in [0.717, 1.165) is 19.3 Å². The third-order valence-corrected chi connectivity index (χ3v) is 7.75. The first kappa shape index (κ1) is 32.9. The van der Waals surface area contributed by atoms with Crippen LogP contribution in [0.15, 0.2) is 0 Å². The summed E-state index contributed by atoms with van der Waals surface area (Å²) in [5, 5.41) is 0. The molecule has 0 bridgehead atoms. The molecular formula is C15H24Br6Cl3O4P. The summed E-state index contributed by atoms with van der Waals surface area (Å²) in [5.74, 6) is 0. The first-order chi connectivity index (χ1) is 13.1. The highest BCUT2D eigenvalue weighted by molar-refractivity contribution is 9.26. The maximum Gasteiger partial charge on any atom is 0.474 e. The lowest BCUT2D eigenvalue weighted by Crippen LogP contribution is -2.07. The first-order valence-corrected chi connectivity index (χ1v) is 16.2. The van der Waals surface area contributed by atoms with Crippen LogP contribution in [0.5, 0.6) is 0 Å². The van der Waals surface area contributed by atoms with Crippen LogP contribution < -0.4 is 0 Å². The fraction of sp³-hybridized carbons (Fsp3) is 1.00. The van der Waals surface area contributed by atoms with Gasteiger partial charge in [-0.1, -0.05) is 130 Å². The molecule has 0 atom stereocenters. The summed E-state index contributed by atoms with van der Waals surface area (Å²) in [7, 11) is -3.63. The zero-order chi connectivity index (χ0) is 22.6. The maximum atomic E-state index is 12.9. The van der Waals surface area contributed by atoms with E-state index in [1.54, 1.807) is 0 Å². The highest BCUT2D eigenvalue weighted by Gasteiger charge is 2.27. The van der Waals surface area contributed by atoms with Crippen LogP contribution >= 0.6 is 138 Å². The van der Waals surface area contributed by atoms with Crippen molar-refractivity contribution in [3.8, 4) is 0 Å². The molecule has 14 heteroatoms. The molecule has 0 aromatic rings. The summed E-state index contributed by atoms with van der Waals surface area (Å²) < 4.78 is 27.5. The zero-order valence-corrected chi connectivity index (χ0v) is 28.1. The Labute approximate surface area is 239 Å². The van der Waals surface area contributed by atoms with Crippen LogP contribution in [0.25, 0.3) is 0 Å². The lowest BCUT2D eigenvalue weighted by atomic mass is 10.3. The maximum absolute atomic E-state index is 12.9. The predicted molar refractivity (Wildman–Crippen MR) is 146 cm³/mol. The number of phosphoric ester groups is 1. The van der Waals surface area contributed by atoms with Crippen molar-refractivity contribution in [2.75, 3.05) is 19.8 Å². The second-order valence-corrected chi connectivity index (χ2v) is 23.8. The number of rotatable bonds is 18.